The third-order valence-corrected chi connectivity index (χ3v) is 4.32. The normalized spacial score (nSPS) is 16.5. The predicted octanol–water partition coefficient (Wildman–Crippen LogP) is 2.89. The number of nitrogens with zero attached hydrogens (tertiary/aromatic N) is 2. The van der Waals surface area contributed by atoms with E-state index < -0.39 is 0 Å². The third-order valence-electron chi connectivity index (χ3n) is 4.32. The molecule has 2 aromatic carbocycles. The Morgan fingerprint density at radius 1 is 0.773 bits per heavy atom. The Labute approximate surface area is 132 Å². The van der Waals surface area contributed by atoms with Gasteiger partial charge in [-0.1, -0.05) is 42.5 Å². The Balaban J connectivity index is 1.58. The molecule has 1 N–H and O–H groups in total. The maximum absolute atomic E-state index is 9.11. The Morgan fingerprint density at radius 2 is 1.50 bits per heavy atom. The van der Waals surface area contributed by atoms with Crippen LogP contribution in [-0.2, 0) is 13.2 Å². The summed E-state index contributed by atoms with van der Waals surface area (Å²) < 4.78 is 0. The molecular formula is C19H24N2O. The molecule has 1 saturated heterocycles. The largest absolute Gasteiger partial charge is 0.392 e. The van der Waals surface area contributed by atoms with E-state index >= 15 is 0 Å². The first-order valence-corrected chi connectivity index (χ1v) is 8.06. The number of rotatable bonds is 4. The average Bonchev–Trinajstić information content (AvgIpc) is 2.82. The van der Waals surface area contributed by atoms with Crippen LogP contribution < -0.4 is 4.90 Å². The number of aliphatic hydroxyl groups excluding tert-OH is 1. The molecule has 0 spiro atoms. The van der Waals surface area contributed by atoms with Gasteiger partial charge in [0.25, 0.3) is 0 Å². The van der Waals surface area contributed by atoms with Crippen LogP contribution in [0, 0.1) is 0 Å². The van der Waals surface area contributed by atoms with Crippen LogP contribution in [0.4, 0.5) is 5.69 Å². The third kappa shape index (κ3) is 3.87. The molecule has 0 atom stereocenters. The number of hydrogen-bond donors (Lipinski definition) is 1. The van der Waals surface area contributed by atoms with Gasteiger partial charge in [0.1, 0.15) is 0 Å². The van der Waals surface area contributed by atoms with Crippen molar-refractivity contribution in [2.45, 2.75) is 19.6 Å². The van der Waals surface area contributed by atoms with Crippen molar-refractivity contribution in [1.29, 1.82) is 0 Å². The Bertz CT molecular complexity index is 568. The second-order valence-electron chi connectivity index (χ2n) is 5.93. The van der Waals surface area contributed by atoms with Crippen molar-refractivity contribution in [3.8, 4) is 0 Å². The molecular weight excluding hydrogens is 272 g/mol. The molecule has 3 rings (SSSR count). The maximum Gasteiger partial charge on any atom is 0.0681 e. The van der Waals surface area contributed by atoms with Crippen molar-refractivity contribution in [3.63, 3.8) is 0 Å². The van der Waals surface area contributed by atoms with Crippen molar-refractivity contribution in [1.82, 2.24) is 4.90 Å². The number of anilines is 1. The summed E-state index contributed by atoms with van der Waals surface area (Å²) in [5.74, 6) is 0. The molecule has 2 aromatic rings. The molecule has 0 aliphatic carbocycles. The Morgan fingerprint density at radius 3 is 2.23 bits per heavy atom. The van der Waals surface area contributed by atoms with Crippen molar-refractivity contribution < 1.29 is 5.11 Å². The van der Waals surface area contributed by atoms with Gasteiger partial charge < -0.3 is 10.0 Å². The molecule has 22 heavy (non-hydrogen) atoms. The van der Waals surface area contributed by atoms with Crippen LogP contribution in [0.2, 0.25) is 0 Å². The highest BCUT2D eigenvalue weighted by Crippen LogP contribution is 2.17. The minimum absolute atomic E-state index is 0.121. The van der Waals surface area contributed by atoms with E-state index in [1.54, 1.807) is 0 Å². The molecule has 1 fully saturated rings. The maximum atomic E-state index is 9.11. The van der Waals surface area contributed by atoms with Gasteiger partial charge in [-0.05, 0) is 29.7 Å². The molecule has 0 amide bonds. The summed E-state index contributed by atoms with van der Waals surface area (Å²) >= 11 is 0. The second-order valence-corrected chi connectivity index (χ2v) is 5.93. The molecule has 0 aromatic heterocycles. The van der Waals surface area contributed by atoms with Crippen molar-refractivity contribution >= 4 is 5.69 Å². The SMILES string of the molecule is OCc1ccc(CN2CCCN(c3ccccc3)CC2)cc1. The fourth-order valence-electron chi connectivity index (χ4n) is 3.03. The molecule has 0 radical (unpaired) electrons. The minimum atomic E-state index is 0.121. The molecule has 3 nitrogen and oxygen atoms in total. The van der Waals surface area contributed by atoms with Crippen LogP contribution >= 0.6 is 0 Å². The zero-order chi connectivity index (χ0) is 15.2. The monoisotopic (exact) mass is 296 g/mol. The first-order chi connectivity index (χ1) is 10.8. The lowest BCUT2D eigenvalue weighted by Gasteiger charge is -2.23. The van der Waals surface area contributed by atoms with Crippen LogP contribution in [0.15, 0.2) is 54.6 Å². The van der Waals surface area contributed by atoms with Crippen LogP contribution in [0.5, 0.6) is 0 Å². The quantitative estimate of drug-likeness (QED) is 0.940. The molecule has 0 bridgehead atoms. The smallest absolute Gasteiger partial charge is 0.0681 e. The fourth-order valence-corrected chi connectivity index (χ4v) is 3.03. The molecule has 116 valence electrons. The molecule has 1 heterocycles. The van der Waals surface area contributed by atoms with E-state index in [9.17, 15) is 0 Å². The van der Waals surface area contributed by atoms with E-state index in [4.69, 9.17) is 5.11 Å². The van der Waals surface area contributed by atoms with Crippen LogP contribution in [-0.4, -0.2) is 36.2 Å². The lowest BCUT2D eigenvalue weighted by molar-refractivity contribution is 0.280. The van der Waals surface area contributed by atoms with Crippen molar-refractivity contribution in [3.05, 3.63) is 65.7 Å². The summed E-state index contributed by atoms with van der Waals surface area (Å²) in [5.41, 5.74) is 3.64. The lowest BCUT2D eigenvalue weighted by Crippen LogP contribution is -2.30. The van der Waals surface area contributed by atoms with Gasteiger partial charge in [0, 0.05) is 38.4 Å². The zero-order valence-electron chi connectivity index (χ0n) is 13.0. The fraction of sp³-hybridized carbons (Fsp3) is 0.368. The Kier molecular flexibility index (Phi) is 5.09. The number of para-hydroxylation sites is 1. The highest BCUT2D eigenvalue weighted by atomic mass is 16.3. The van der Waals surface area contributed by atoms with Crippen LogP contribution in [0.25, 0.3) is 0 Å². The number of aliphatic hydroxyl groups is 1. The van der Waals surface area contributed by atoms with Crippen molar-refractivity contribution in [2.24, 2.45) is 0 Å². The van der Waals surface area contributed by atoms with Gasteiger partial charge in [-0.3, -0.25) is 4.90 Å². The molecule has 0 saturated carbocycles. The summed E-state index contributed by atoms with van der Waals surface area (Å²) in [6.07, 6.45) is 1.20. The number of benzene rings is 2. The van der Waals surface area contributed by atoms with Gasteiger partial charge in [-0.2, -0.15) is 0 Å². The number of hydrogen-bond acceptors (Lipinski definition) is 3. The summed E-state index contributed by atoms with van der Waals surface area (Å²) in [6.45, 7) is 5.56. The predicted molar refractivity (Wildman–Crippen MR) is 90.9 cm³/mol. The topological polar surface area (TPSA) is 26.7 Å². The molecule has 0 unspecified atom stereocenters. The standard InChI is InChI=1S/C19H24N2O/c22-16-18-9-7-17(8-10-18)15-20-11-4-12-21(14-13-20)19-5-2-1-3-6-19/h1-3,5-10,22H,4,11-16H2. The van der Waals surface area contributed by atoms with E-state index in [0.717, 1.165) is 38.3 Å². The van der Waals surface area contributed by atoms with Gasteiger partial charge in [-0.15, -0.1) is 0 Å². The van der Waals surface area contributed by atoms with Gasteiger partial charge in [-0.25, -0.2) is 0 Å². The first-order valence-electron chi connectivity index (χ1n) is 8.06. The van der Waals surface area contributed by atoms with Crippen molar-refractivity contribution in [2.75, 3.05) is 31.1 Å². The zero-order valence-corrected chi connectivity index (χ0v) is 13.0. The second kappa shape index (κ2) is 7.43. The van der Waals surface area contributed by atoms with E-state index in [-0.39, 0.29) is 6.61 Å². The lowest BCUT2D eigenvalue weighted by atomic mass is 10.1. The highest BCUT2D eigenvalue weighted by molar-refractivity contribution is 5.46. The van der Waals surface area contributed by atoms with Gasteiger partial charge in [0.15, 0.2) is 0 Å². The Hall–Kier alpha value is -1.84. The van der Waals surface area contributed by atoms with Gasteiger partial charge in [0.05, 0.1) is 6.61 Å². The van der Waals surface area contributed by atoms with Crippen LogP contribution in [0.3, 0.4) is 0 Å². The average molecular weight is 296 g/mol. The van der Waals surface area contributed by atoms with Gasteiger partial charge >= 0.3 is 0 Å². The van der Waals surface area contributed by atoms with E-state index in [1.807, 2.05) is 12.1 Å². The molecule has 1 aliphatic heterocycles. The van der Waals surface area contributed by atoms with Gasteiger partial charge in [0.2, 0.25) is 0 Å². The summed E-state index contributed by atoms with van der Waals surface area (Å²) in [7, 11) is 0. The minimum Gasteiger partial charge on any atom is -0.392 e. The summed E-state index contributed by atoms with van der Waals surface area (Å²) in [6, 6.07) is 19.0. The first kappa shape index (κ1) is 15.1. The molecule has 3 heteroatoms. The highest BCUT2D eigenvalue weighted by Gasteiger charge is 2.15. The van der Waals surface area contributed by atoms with E-state index in [0.29, 0.717) is 0 Å². The summed E-state index contributed by atoms with van der Waals surface area (Å²) in [5, 5.41) is 9.11. The van der Waals surface area contributed by atoms with E-state index in [2.05, 4.69) is 52.3 Å². The summed E-state index contributed by atoms with van der Waals surface area (Å²) in [4.78, 5) is 5.01. The van der Waals surface area contributed by atoms with E-state index in [1.165, 1.54) is 17.7 Å². The molecule has 1 aliphatic rings. The van der Waals surface area contributed by atoms with Crippen LogP contribution in [0.1, 0.15) is 17.5 Å².